The SMILES string of the molecule is CC(C)CCOCCN1CC(O)CC1CN(C)C. The lowest BCUT2D eigenvalue weighted by atomic mass is 10.1. The van der Waals surface area contributed by atoms with E-state index in [-0.39, 0.29) is 6.10 Å². The molecule has 0 saturated carbocycles. The maximum Gasteiger partial charge on any atom is 0.0682 e. The van der Waals surface area contributed by atoms with E-state index >= 15 is 0 Å². The highest BCUT2D eigenvalue weighted by Crippen LogP contribution is 2.17. The third-order valence-electron chi connectivity index (χ3n) is 3.44. The van der Waals surface area contributed by atoms with Crippen molar-refractivity contribution in [2.75, 3.05) is 46.9 Å². The molecule has 0 bridgehead atoms. The second-order valence-corrected chi connectivity index (χ2v) is 6.10. The third kappa shape index (κ3) is 6.14. The van der Waals surface area contributed by atoms with Gasteiger partial charge in [-0.05, 0) is 32.9 Å². The van der Waals surface area contributed by atoms with Crippen LogP contribution in [-0.4, -0.2) is 74.0 Å². The Bertz CT molecular complexity index is 222. The minimum Gasteiger partial charge on any atom is -0.392 e. The van der Waals surface area contributed by atoms with Gasteiger partial charge in [-0.2, -0.15) is 0 Å². The maximum atomic E-state index is 9.76. The van der Waals surface area contributed by atoms with Crippen molar-refractivity contribution in [2.45, 2.75) is 38.8 Å². The molecule has 1 aliphatic heterocycles. The molecular formula is C14H30N2O2. The summed E-state index contributed by atoms with van der Waals surface area (Å²) in [5, 5.41) is 9.76. The molecule has 0 aromatic carbocycles. The minimum absolute atomic E-state index is 0.161. The van der Waals surface area contributed by atoms with Crippen molar-refractivity contribution in [3.63, 3.8) is 0 Å². The fraction of sp³-hybridized carbons (Fsp3) is 1.00. The zero-order chi connectivity index (χ0) is 13.5. The van der Waals surface area contributed by atoms with Gasteiger partial charge in [0.1, 0.15) is 0 Å². The van der Waals surface area contributed by atoms with Crippen molar-refractivity contribution < 1.29 is 9.84 Å². The van der Waals surface area contributed by atoms with Crippen LogP contribution in [0.25, 0.3) is 0 Å². The molecule has 1 saturated heterocycles. The Hall–Kier alpha value is -0.160. The molecule has 2 unspecified atom stereocenters. The van der Waals surface area contributed by atoms with Crippen LogP contribution in [0.2, 0.25) is 0 Å². The molecule has 18 heavy (non-hydrogen) atoms. The van der Waals surface area contributed by atoms with Gasteiger partial charge in [-0.3, -0.25) is 4.90 Å². The quantitative estimate of drug-likeness (QED) is 0.660. The molecule has 4 nitrogen and oxygen atoms in total. The van der Waals surface area contributed by atoms with Crippen LogP contribution in [0.5, 0.6) is 0 Å². The van der Waals surface area contributed by atoms with Gasteiger partial charge in [0.25, 0.3) is 0 Å². The zero-order valence-electron chi connectivity index (χ0n) is 12.4. The summed E-state index contributed by atoms with van der Waals surface area (Å²) in [5.41, 5.74) is 0. The van der Waals surface area contributed by atoms with Crippen molar-refractivity contribution in [2.24, 2.45) is 5.92 Å². The Labute approximate surface area is 112 Å². The summed E-state index contributed by atoms with van der Waals surface area (Å²) < 4.78 is 5.66. The summed E-state index contributed by atoms with van der Waals surface area (Å²) in [6.45, 7) is 8.82. The number of likely N-dealkylation sites (tertiary alicyclic amines) is 1. The predicted molar refractivity (Wildman–Crippen MR) is 74.8 cm³/mol. The number of hydrogen-bond acceptors (Lipinski definition) is 4. The summed E-state index contributed by atoms with van der Waals surface area (Å²) in [6.07, 6.45) is 1.86. The monoisotopic (exact) mass is 258 g/mol. The molecule has 0 amide bonds. The fourth-order valence-electron chi connectivity index (χ4n) is 2.45. The molecule has 0 aliphatic carbocycles. The second-order valence-electron chi connectivity index (χ2n) is 6.10. The van der Waals surface area contributed by atoms with E-state index in [4.69, 9.17) is 4.74 Å². The van der Waals surface area contributed by atoms with Gasteiger partial charge in [0, 0.05) is 32.3 Å². The van der Waals surface area contributed by atoms with E-state index in [0.717, 1.165) is 45.7 Å². The van der Waals surface area contributed by atoms with E-state index in [0.29, 0.717) is 12.0 Å². The largest absolute Gasteiger partial charge is 0.392 e. The molecule has 1 aliphatic rings. The first-order chi connectivity index (χ1) is 8.49. The molecule has 0 aromatic rings. The van der Waals surface area contributed by atoms with Gasteiger partial charge in [-0.15, -0.1) is 0 Å². The molecule has 1 rings (SSSR count). The Morgan fingerprint density at radius 2 is 2.06 bits per heavy atom. The predicted octanol–water partition coefficient (Wildman–Crippen LogP) is 1.05. The first-order valence-corrected chi connectivity index (χ1v) is 7.13. The lowest BCUT2D eigenvalue weighted by molar-refractivity contribution is 0.0846. The van der Waals surface area contributed by atoms with E-state index in [1.54, 1.807) is 0 Å². The van der Waals surface area contributed by atoms with Crippen molar-refractivity contribution in [3.8, 4) is 0 Å². The smallest absolute Gasteiger partial charge is 0.0682 e. The highest BCUT2D eigenvalue weighted by atomic mass is 16.5. The van der Waals surface area contributed by atoms with Crippen LogP contribution < -0.4 is 0 Å². The number of aliphatic hydroxyl groups is 1. The number of likely N-dealkylation sites (N-methyl/N-ethyl adjacent to an activating group) is 1. The summed E-state index contributed by atoms with van der Waals surface area (Å²) in [4.78, 5) is 4.55. The van der Waals surface area contributed by atoms with Crippen molar-refractivity contribution in [3.05, 3.63) is 0 Å². The summed E-state index contributed by atoms with van der Waals surface area (Å²) in [5.74, 6) is 0.708. The molecular weight excluding hydrogens is 228 g/mol. The number of β-amino-alcohol motifs (C(OH)–C–C–N with tert-alkyl or cyclic N) is 1. The van der Waals surface area contributed by atoms with Crippen LogP contribution >= 0.6 is 0 Å². The van der Waals surface area contributed by atoms with Gasteiger partial charge in [-0.1, -0.05) is 13.8 Å². The normalized spacial score (nSPS) is 25.5. The van der Waals surface area contributed by atoms with Crippen LogP contribution in [0, 0.1) is 5.92 Å². The minimum atomic E-state index is -0.161. The molecule has 0 aromatic heterocycles. The first kappa shape index (κ1) is 15.9. The topological polar surface area (TPSA) is 35.9 Å². The summed E-state index contributed by atoms with van der Waals surface area (Å²) in [7, 11) is 4.17. The van der Waals surface area contributed by atoms with Gasteiger partial charge in [0.2, 0.25) is 0 Å². The van der Waals surface area contributed by atoms with Crippen LogP contribution in [-0.2, 0) is 4.74 Å². The summed E-state index contributed by atoms with van der Waals surface area (Å²) in [6, 6.07) is 0.476. The van der Waals surface area contributed by atoms with Crippen molar-refractivity contribution in [1.29, 1.82) is 0 Å². The molecule has 1 N–H and O–H groups in total. The molecule has 108 valence electrons. The van der Waals surface area contributed by atoms with Gasteiger partial charge in [0.15, 0.2) is 0 Å². The number of nitrogens with zero attached hydrogens (tertiary/aromatic N) is 2. The molecule has 0 radical (unpaired) electrons. The van der Waals surface area contributed by atoms with Gasteiger partial charge in [-0.25, -0.2) is 0 Å². The molecule has 4 heteroatoms. The second kappa shape index (κ2) is 8.10. The van der Waals surface area contributed by atoms with Crippen LogP contribution in [0.3, 0.4) is 0 Å². The van der Waals surface area contributed by atoms with E-state index in [9.17, 15) is 5.11 Å². The number of rotatable bonds is 8. The number of ether oxygens (including phenoxy) is 1. The van der Waals surface area contributed by atoms with Crippen LogP contribution in [0.1, 0.15) is 26.7 Å². The molecule has 2 atom stereocenters. The number of hydrogen-bond donors (Lipinski definition) is 1. The number of aliphatic hydroxyl groups excluding tert-OH is 1. The third-order valence-corrected chi connectivity index (χ3v) is 3.44. The maximum absolute atomic E-state index is 9.76. The van der Waals surface area contributed by atoms with Gasteiger partial charge in [0.05, 0.1) is 12.7 Å². The van der Waals surface area contributed by atoms with E-state index in [1.165, 1.54) is 0 Å². The standard InChI is InChI=1S/C14H30N2O2/c1-12(2)5-7-18-8-6-16-11-14(17)9-13(16)10-15(3)4/h12-14,17H,5-11H2,1-4H3. The first-order valence-electron chi connectivity index (χ1n) is 7.13. The van der Waals surface area contributed by atoms with Crippen molar-refractivity contribution in [1.82, 2.24) is 9.80 Å². The molecule has 1 heterocycles. The van der Waals surface area contributed by atoms with Crippen molar-refractivity contribution >= 4 is 0 Å². The lowest BCUT2D eigenvalue weighted by Crippen LogP contribution is -2.39. The van der Waals surface area contributed by atoms with Crippen LogP contribution in [0.15, 0.2) is 0 Å². The average molecular weight is 258 g/mol. The van der Waals surface area contributed by atoms with E-state index in [2.05, 4.69) is 37.7 Å². The highest BCUT2D eigenvalue weighted by molar-refractivity contribution is 4.86. The zero-order valence-corrected chi connectivity index (χ0v) is 12.4. The summed E-state index contributed by atoms with van der Waals surface area (Å²) >= 11 is 0. The Morgan fingerprint density at radius 3 is 2.67 bits per heavy atom. The Kier molecular flexibility index (Phi) is 7.15. The van der Waals surface area contributed by atoms with Crippen LogP contribution in [0.4, 0.5) is 0 Å². The van der Waals surface area contributed by atoms with E-state index in [1.807, 2.05) is 0 Å². The van der Waals surface area contributed by atoms with E-state index < -0.39 is 0 Å². The fourth-order valence-corrected chi connectivity index (χ4v) is 2.45. The Balaban J connectivity index is 2.18. The van der Waals surface area contributed by atoms with Gasteiger partial charge < -0.3 is 14.7 Å². The molecule has 0 spiro atoms. The Morgan fingerprint density at radius 1 is 1.33 bits per heavy atom. The molecule has 1 fully saturated rings. The van der Waals surface area contributed by atoms with Gasteiger partial charge >= 0.3 is 0 Å². The highest BCUT2D eigenvalue weighted by Gasteiger charge is 2.30. The average Bonchev–Trinajstić information content (AvgIpc) is 2.57. The lowest BCUT2D eigenvalue weighted by Gasteiger charge is -2.26.